The summed E-state index contributed by atoms with van der Waals surface area (Å²) < 4.78 is 0. The summed E-state index contributed by atoms with van der Waals surface area (Å²) in [6.07, 6.45) is 4.26. The molecule has 2 heterocycles. The van der Waals surface area contributed by atoms with Crippen LogP contribution < -0.4 is 5.32 Å². The summed E-state index contributed by atoms with van der Waals surface area (Å²) in [6.45, 7) is 4.66. The molecule has 4 nitrogen and oxygen atoms in total. The van der Waals surface area contributed by atoms with Crippen LogP contribution in [0.3, 0.4) is 0 Å². The number of carbonyl (C=O) groups excluding carboxylic acids is 1. The molecule has 1 aromatic heterocycles. The van der Waals surface area contributed by atoms with Gasteiger partial charge in [-0.15, -0.1) is 0 Å². The van der Waals surface area contributed by atoms with Gasteiger partial charge >= 0.3 is 0 Å². The van der Waals surface area contributed by atoms with Crippen molar-refractivity contribution in [1.82, 2.24) is 15.2 Å². The molecule has 1 aliphatic heterocycles. The van der Waals surface area contributed by atoms with Crippen LogP contribution in [0.15, 0.2) is 30.5 Å². The molecule has 1 saturated heterocycles. The van der Waals surface area contributed by atoms with E-state index in [2.05, 4.69) is 10.3 Å². The molecule has 1 amide bonds. The molecule has 1 aliphatic rings. The molecular formula is C16H21N3O. The molecule has 4 heteroatoms. The van der Waals surface area contributed by atoms with Crippen LogP contribution >= 0.6 is 0 Å². The molecule has 106 valence electrons. The summed E-state index contributed by atoms with van der Waals surface area (Å²) in [5.74, 6) is 0.120. The smallest absolute Gasteiger partial charge is 0.256 e. The van der Waals surface area contributed by atoms with Crippen LogP contribution in [0.2, 0.25) is 0 Å². The number of hydrogen-bond acceptors (Lipinski definition) is 2. The molecule has 0 saturated carbocycles. The molecule has 2 N–H and O–H groups in total. The van der Waals surface area contributed by atoms with Gasteiger partial charge in [0.15, 0.2) is 0 Å². The largest absolute Gasteiger partial charge is 0.361 e. The fraction of sp³-hybridized carbons (Fsp3) is 0.438. The number of H-pyrrole nitrogens is 1. The second kappa shape index (κ2) is 5.67. The minimum Gasteiger partial charge on any atom is -0.361 e. The van der Waals surface area contributed by atoms with E-state index in [0.29, 0.717) is 6.04 Å². The Bertz CT molecular complexity index is 599. The van der Waals surface area contributed by atoms with Crippen LogP contribution in [0.5, 0.6) is 0 Å². The maximum atomic E-state index is 12.8. The van der Waals surface area contributed by atoms with Crippen molar-refractivity contribution in [1.29, 1.82) is 0 Å². The molecule has 0 spiro atoms. The normalized spacial score (nSPS) is 18.6. The monoisotopic (exact) mass is 271 g/mol. The van der Waals surface area contributed by atoms with Crippen LogP contribution in [0.4, 0.5) is 0 Å². The van der Waals surface area contributed by atoms with E-state index >= 15 is 0 Å². The van der Waals surface area contributed by atoms with E-state index < -0.39 is 0 Å². The highest BCUT2D eigenvalue weighted by Crippen LogP contribution is 2.19. The van der Waals surface area contributed by atoms with Gasteiger partial charge in [0.05, 0.1) is 11.1 Å². The van der Waals surface area contributed by atoms with Gasteiger partial charge in [-0.3, -0.25) is 4.79 Å². The van der Waals surface area contributed by atoms with Gasteiger partial charge in [-0.2, -0.15) is 0 Å². The standard InChI is InChI=1S/C16H21N3O/c1-2-19(11-13-6-4-9-17-13)16(20)14-7-3-5-12-8-10-18-15(12)14/h3,5,7-8,10,13,17-18H,2,4,6,9,11H2,1H3. The predicted octanol–water partition coefficient (Wildman–Crippen LogP) is 2.38. The molecule has 1 aromatic carbocycles. The summed E-state index contributed by atoms with van der Waals surface area (Å²) in [5, 5.41) is 4.55. The molecular weight excluding hydrogens is 250 g/mol. The summed E-state index contributed by atoms with van der Waals surface area (Å²) in [5.41, 5.74) is 1.71. The van der Waals surface area contributed by atoms with Crippen molar-refractivity contribution in [2.45, 2.75) is 25.8 Å². The van der Waals surface area contributed by atoms with Crippen LogP contribution in [0, 0.1) is 0 Å². The lowest BCUT2D eigenvalue weighted by Crippen LogP contribution is -2.41. The molecule has 0 aliphatic carbocycles. The maximum absolute atomic E-state index is 12.8. The van der Waals surface area contributed by atoms with Crippen molar-refractivity contribution >= 4 is 16.8 Å². The average Bonchev–Trinajstić information content (AvgIpc) is 3.14. The van der Waals surface area contributed by atoms with Gasteiger partial charge in [0.1, 0.15) is 0 Å². The first-order chi connectivity index (χ1) is 9.79. The third kappa shape index (κ3) is 2.43. The van der Waals surface area contributed by atoms with E-state index in [-0.39, 0.29) is 5.91 Å². The fourth-order valence-corrected chi connectivity index (χ4v) is 2.97. The highest BCUT2D eigenvalue weighted by Gasteiger charge is 2.22. The first-order valence-corrected chi connectivity index (χ1v) is 7.38. The number of benzene rings is 1. The van der Waals surface area contributed by atoms with E-state index in [0.717, 1.165) is 42.5 Å². The average molecular weight is 271 g/mol. The number of likely N-dealkylation sites (N-methyl/N-ethyl adjacent to an activating group) is 1. The van der Waals surface area contributed by atoms with Crippen LogP contribution in [-0.4, -0.2) is 41.5 Å². The highest BCUT2D eigenvalue weighted by molar-refractivity contribution is 6.05. The first kappa shape index (κ1) is 13.2. The van der Waals surface area contributed by atoms with Crippen LogP contribution in [0.25, 0.3) is 10.9 Å². The predicted molar refractivity (Wildman–Crippen MR) is 80.9 cm³/mol. The van der Waals surface area contributed by atoms with Crippen molar-refractivity contribution < 1.29 is 4.79 Å². The number of fused-ring (bicyclic) bond motifs is 1. The number of carbonyl (C=O) groups is 1. The van der Waals surface area contributed by atoms with Gasteiger partial charge in [0.2, 0.25) is 0 Å². The Balaban J connectivity index is 1.83. The van der Waals surface area contributed by atoms with Crippen molar-refractivity contribution in [3.8, 4) is 0 Å². The van der Waals surface area contributed by atoms with Crippen molar-refractivity contribution in [2.75, 3.05) is 19.6 Å². The van der Waals surface area contributed by atoms with E-state index in [9.17, 15) is 4.79 Å². The van der Waals surface area contributed by atoms with Crippen molar-refractivity contribution in [3.63, 3.8) is 0 Å². The zero-order valence-electron chi connectivity index (χ0n) is 11.9. The maximum Gasteiger partial charge on any atom is 0.256 e. The van der Waals surface area contributed by atoms with Crippen LogP contribution in [-0.2, 0) is 0 Å². The lowest BCUT2D eigenvalue weighted by atomic mass is 10.1. The highest BCUT2D eigenvalue weighted by atomic mass is 16.2. The first-order valence-electron chi connectivity index (χ1n) is 7.38. The zero-order chi connectivity index (χ0) is 13.9. The summed E-state index contributed by atoms with van der Waals surface area (Å²) >= 11 is 0. The Morgan fingerprint density at radius 2 is 2.30 bits per heavy atom. The van der Waals surface area contributed by atoms with Crippen molar-refractivity contribution in [3.05, 3.63) is 36.0 Å². The lowest BCUT2D eigenvalue weighted by molar-refractivity contribution is 0.0753. The lowest BCUT2D eigenvalue weighted by Gasteiger charge is -2.24. The van der Waals surface area contributed by atoms with E-state index in [4.69, 9.17) is 0 Å². The fourth-order valence-electron chi connectivity index (χ4n) is 2.97. The van der Waals surface area contributed by atoms with E-state index in [1.165, 1.54) is 6.42 Å². The SMILES string of the molecule is CCN(CC1CCCN1)C(=O)c1cccc2cc[nH]c12. The Kier molecular flexibility index (Phi) is 3.74. The zero-order valence-corrected chi connectivity index (χ0v) is 11.9. The number of aromatic amines is 1. The minimum atomic E-state index is 0.120. The second-order valence-corrected chi connectivity index (χ2v) is 5.38. The third-order valence-corrected chi connectivity index (χ3v) is 4.09. The molecule has 2 aromatic rings. The van der Waals surface area contributed by atoms with Gasteiger partial charge in [0.25, 0.3) is 5.91 Å². The molecule has 1 fully saturated rings. The number of rotatable bonds is 4. The number of amides is 1. The minimum absolute atomic E-state index is 0.120. The quantitative estimate of drug-likeness (QED) is 0.897. The third-order valence-electron chi connectivity index (χ3n) is 4.09. The van der Waals surface area contributed by atoms with Gasteiger partial charge < -0.3 is 15.2 Å². The molecule has 1 unspecified atom stereocenters. The molecule has 3 rings (SSSR count). The Hall–Kier alpha value is -1.81. The van der Waals surface area contributed by atoms with Gasteiger partial charge in [-0.25, -0.2) is 0 Å². The number of nitrogens with zero attached hydrogens (tertiary/aromatic N) is 1. The van der Waals surface area contributed by atoms with E-state index in [1.807, 2.05) is 42.3 Å². The van der Waals surface area contributed by atoms with Crippen molar-refractivity contribution in [2.24, 2.45) is 0 Å². The second-order valence-electron chi connectivity index (χ2n) is 5.38. The molecule has 0 radical (unpaired) electrons. The van der Waals surface area contributed by atoms with Gasteiger partial charge in [0, 0.05) is 30.7 Å². The van der Waals surface area contributed by atoms with E-state index in [1.54, 1.807) is 0 Å². The number of para-hydroxylation sites is 1. The Morgan fingerprint density at radius 1 is 1.40 bits per heavy atom. The Morgan fingerprint density at radius 3 is 3.05 bits per heavy atom. The van der Waals surface area contributed by atoms with Gasteiger partial charge in [-0.1, -0.05) is 12.1 Å². The number of aromatic nitrogens is 1. The van der Waals surface area contributed by atoms with Gasteiger partial charge in [-0.05, 0) is 38.4 Å². The number of nitrogens with one attached hydrogen (secondary N) is 2. The molecule has 20 heavy (non-hydrogen) atoms. The topological polar surface area (TPSA) is 48.1 Å². The Labute approximate surface area is 119 Å². The molecule has 1 atom stereocenters. The summed E-state index contributed by atoms with van der Waals surface area (Å²) in [4.78, 5) is 17.9. The summed E-state index contributed by atoms with van der Waals surface area (Å²) in [7, 11) is 0. The molecule has 0 bridgehead atoms. The van der Waals surface area contributed by atoms with Crippen LogP contribution in [0.1, 0.15) is 30.1 Å². The number of hydrogen-bond donors (Lipinski definition) is 2. The summed E-state index contributed by atoms with van der Waals surface area (Å²) in [6, 6.07) is 8.33.